The molecule has 1 fully saturated rings. The SMILES string of the molecule is CCOCCCCNCCN(CC(C)C)C1CC1. The molecule has 0 aliphatic heterocycles. The lowest BCUT2D eigenvalue weighted by Crippen LogP contribution is -2.36. The van der Waals surface area contributed by atoms with E-state index in [1.807, 2.05) is 0 Å². The first-order chi connectivity index (χ1) is 8.74. The van der Waals surface area contributed by atoms with Crippen LogP contribution < -0.4 is 5.32 Å². The average Bonchev–Trinajstić information content (AvgIpc) is 3.14. The maximum absolute atomic E-state index is 5.33. The Morgan fingerprint density at radius 2 is 2.00 bits per heavy atom. The summed E-state index contributed by atoms with van der Waals surface area (Å²) in [5, 5.41) is 3.55. The Labute approximate surface area is 113 Å². The van der Waals surface area contributed by atoms with E-state index in [4.69, 9.17) is 4.74 Å². The van der Waals surface area contributed by atoms with E-state index < -0.39 is 0 Å². The molecule has 0 heterocycles. The Morgan fingerprint density at radius 1 is 1.22 bits per heavy atom. The summed E-state index contributed by atoms with van der Waals surface area (Å²) in [6.07, 6.45) is 5.24. The summed E-state index contributed by atoms with van der Waals surface area (Å²) in [7, 11) is 0. The molecule has 1 N–H and O–H groups in total. The van der Waals surface area contributed by atoms with Crippen molar-refractivity contribution in [3.63, 3.8) is 0 Å². The number of ether oxygens (including phenoxy) is 1. The molecule has 0 saturated heterocycles. The molecule has 1 aliphatic rings. The molecule has 0 aromatic carbocycles. The Hall–Kier alpha value is -0.120. The highest BCUT2D eigenvalue weighted by molar-refractivity contribution is 4.85. The van der Waals surface area contributed by atoms with Crippen LogP contribution in [0.5, 0.6) is 0 Å². The second-order valence-corrected chi connectivity index (χ2v) is 5.77. The number of nitrogens with zero attached hydrogens (tertiary/aromatic N) is 1. The van der Waals surface area contributed by atoms with Crippen molar-refractivity contribution in [2.45, 2.75) is 52.5 Å². The zero-order chi connectivity index (χ0) is 13.2. The quantitative estimate of drug-likeness (QED) is 0.543. The van der Waals surface area contributed by atoms with E-state index in [1.54, 1.807) is 0 Å². The fourth-order valence-corrected chi connectivity index (χ4v) is 2.28. The van der Waals surface area contributed by atoms with E-state index in [9.17, 15) is 0 Å². The van der Waals surface area contributed by atoms with Crippen molar-refractivity contribution in [1.29, 1.82) is 0 Å². The summed E-state index contributed by atoms with van der Waals surface area (Å²) in [5.41, 5.74) is 0. The standard InChI is InChI=1S/C15H32N2O/c1-4-18-12-6-5-9-16-10-11-17(13-14(2)3)15-7-8-15/h14-16H,4-13H2,1-3H3. The summed E-state index contributed by atoms with van der Waals surface area (Å²) in [5.74, 6) is 0.789. The van der Waals surface area contributed by atoms with Gasteiger partial charge in [-0.15, -0.1) is 0 Å². The van der Waals surface area contributed by atoms with E-state index in [1.165, 1.54) is 38.8 Å². The highest BCUT2D eigenvalue weighted by Gasteiger charge is 2.28. The number of hydrogen-bond acceptors (Lipinski definition) is 3. The van der Waals surface area contributed by atoms with Crippen LogP contribution in [0.2, 0.25) is 0 Å². The predicted molar refractivity (Wildman–Crippen MR) is 78.0 cm³/mol. The van der Waals surface area contributed by atoms with E-state index in [0.29, 0.717) is 0 Å². The summed E-state index contributed by atoms with van der Waals surface area (Å²) < 4.78 is 5.33. The number of rotatable bonds is 12. The van der Waals surface area contributed by atoms with Crippen LogP contribution in [0.1, 0.15) is 46.5 Å². The minimum absolute atomic E-state index is 0.789. The van der Waals surface area contributed by atoms with Crippen LogP contribution in [0, 0.1) is 5.92 Å². The van der Waals surface area contributed by atoms with Gasteiger partial charge in [0.2, 0.25) is 0 Å². The van der Waals surface area contributed by atoms with Gasteiger partial charge in [-0.1, -0.05) is 13.8 Å². The summed E-state index contributed by atoms with van der Waals surface area (Å²) in [4.78, 5) is 2.66. The van der Waals surface area contributed by atoms with Gasteiger partial charge in [0.15, 0.2) is 0 Å². The normalized spacial score (nSPS) is 15.8. The van der Waals surface area contributed by atoms with Gasteiger partial charge in [-0.05, 0) is 45.1 Å². The molecule has 108 valence electrons. The maximum atomic E-state index is 5.33. The number of nitrogens with one attached hydrogen (secondary N) is 1. The second kappa shape index (κ2) is 9.76. The summed E-state index contributed by atoms with van der Waals surface area (Å²) >= 11 is 0. The van der Waals surface area contributed by atoms with E-state index in [-0.39, 0.29) is 0 Å². The minimum atomic E-state index is 0.789. The maximum Gasteiger partial charge on any atom is 0.0466 e. The lowest BCUT2D eigenvalue weighted by molar-refractivity contribution is 0.143. The fraction of sp³-hybridized carbons (Fsp3) is 1.00. The van der Waals surface area contributed by atoms with Crippen LogP contribution in [-0.4, -0.2) is 50.3 Å². The van der Waals surface area contributed by atoms with Crippen molar-refractivity contribution in [3.05, 3.63) is 0 Å². The Kier molecular flexibility index (Phi) is 8.64. The second-order valence-electron chi connectivity index (χ2n) is 5.77. The van der Waals surface area contributed by atoms with Crippen LogP contribution in [0.4, 0.5) is 0 Å². The molecule has 1 saturated carbocycles. The van der Waals surface area contributed by atoms with Gasteiger partial charge in [-0.25, -0.2) is 0 Å². The molecule has 3 nitrogen and oxygen atoms in total. The number of hydrogen-bond donors (Lipinski definition) is 1. The Morgan fingerprint density at radius 3 is 2.61 bits per heavy atom. The van der Waals surface area contributed by atoms with Gasteiger partial charge in [-0.2, -0.15) is 0 Å². The highest BCUT2D eigenvalue weighted by atomic mass is 16.5. The molecular formula is C15H32N2O. The van der Waals surface area contributed by atoms with Crippen LogP contribution >= 0.6 is 0 Å². The zero-order valence-corrected chi connectivity index (χ0v) is 12.6. The molecule has 0 unspecified atom stereocenters. The monoisotopic (exact) mass is 256 g/mol. The van der Waals surface area contributed by atoms with Crippen LogP contribution in [0.3, 0.4) is 0 Å². The molecule has 3 heteroatoms. The summed E-state index contributed by atoms with van der Waals surface area (Å²) in [6, 6.07) is 0.896. The van der Waals surface area contributed by atoms with Crippen molar-refractivity contribution in [2.75, 3.05) is 39.4 Å². The molecule has 18 heavy (non-hydrogen) atoms. The predicted octanol–water partition coefficient (Wildman–Crippen LogP) is 2.51. The smallest absolute Gasteiger partial charge is 0.0466 e. The third kappa shape index (κ3) is 8.06. The molecule has 1 aliphatic carbocycles. The van der Waals surface area contributed by atoms with Crippen molar-refractivity contribution < 1.29 is 4.74 Å². The van der Waals surface area contributed by atoms with Crippen LogP contribution in [0.25, 0.3) is 0 Å². The molecule has 1 rings (SSSR count). The van der Waals surface area contributed by atoms with Gasteiger partial charge in [0.05, 0.1) is 0 Å². The Balaban J connectivity index is 1.91. The molecule has 0 radical (unpaired) electrons. The third-order valence-electron chi connectivity index (χ3n) is 3.34. The lowest BCUT2D eigenvalue weighted by Gasteiger charge is -2.24. The third-order valence-corrected chi connectivity index (χ3v) is 3.34. The minimum Gasteiger partial charge on any atom is -0.382 e. The van der Waals surface area contributed by atoms with E-state index >= 15 is 0 Å². The van der Waals surface area contributed by atoms with E-state index in [2.05, 4.69) is 31.0 Å². The first-order valence-corrected chi connectivity index (χ1v) is 7.76. The molecule has 0 atom stereocenters. The molecule has 0 spiro atoms. The van der Waals surface area contributed by atoms with Crippen LogP contribution in [-0.2, 0) is 4.74 Å². The van der Waals surface area contributed by atoms with Gasteiger partial charge in [0.25, 0.3) is 0 Å². The molecule has 0 bridgehead atoms. The van der Waals surface area contributed by atoms with Gasteiger partial charge in [0.1, 0.15) is 0 Å². The molecule has 0 aromatic rings. The first kappa shape index (κ1) is 15.9. The fourth-order valence-electron chi connectivity index (χ4n) is 2.28. The van der Waals surface area contributed by atoms with Crippen LogP contribution in [0.15, 0.2) is 0 Å². The topological polar surface area (TPSA) is 24.5 Å². The Bertz CT molecular complexity index is 193. The first-order valence-electron chi connectivity index (χ1n) is 7.76. The van der Waals surface area contributed by atoms with Gasteiger partial charge in [-0.3, -0.25) is 4.90 Å². The van der Waals surface area contributed by atoms with Gasteiger partial charge in [0, 0.05) is 38.9 Å². The zero-order valence-electron chi connectivity index (χ0n) is 12.6. The van der Waals surface area contributed by atoms with Crippen molar-refractivity contribution >= 4 is 0 Å². The average molecular weight is 256 g/mol. The lowest BCUT2D eigenvalue weighted by atomic mass is 10.2. The largest absolute Gasteiger partial charge is 0.382 e. The molecular weight excluding hydrogens is 224 g/mol. The van der Waals surface area contributed by atoms with Gasteiger partial charge >= 0.3 is 0 Å². The van der Waals surface area contributed by atoms with Gasteiger partial charge < -0.3 is 10.1 Å². The number of unbranched alkanes of at least 4 members (excludes halogenated alkanes) is 1. The van der Waals surface area contributed by atoms with Crippen molar-refractivity contribution in [2.24, 2.45) is 5.92 Å². The molecule has 0 aromatic heterocycles. The van der Waals surface area contributed by atoms with Crippen molar-refractivity contribution in [3.8, 4) is 0 Å². The summed E-state index contributed by atoms with van der Waals surface area (Å²) in [6.45, 7) is 13.2. The molecule has 0 amide bonds. The van der Waals surface area contributed by atoms with E-state index in [0.717, 1.165) is 38.3 Å². The van der Waals surface area contributed by atoms with Crippen molar-refractivity contribution in [1.82, 2.24) is 10.2 Å². The highest BCUT2D eigenvalue weighted by Crippen LogP contribution is 2.26.